The third-order valence-corrected chi connectivity index (χ3v) is 3.87. The standard InChI is InChI=1S/C13H20N2O3S/c1-7(2)9(11(17)18)15-10(16)8-6-19-12(14-8)13(3,4)5/h6-7,9H,1-5H3,(H,15,16)(H,17,18)/t9-/m0/s1. The average molecular weight is 284 g/mol. The Morgan fingerprint density at radius 3 is 2.32 bits per heavy atom. The van der Waals surface area contributed by atoms with Crippen molar-refractivity contribution in [3.63, 3.8) is 0 Å². The molecule has 0 fully saturated rings. The first-order chi connectivity index (χ1) is 8.62. The van der Waals surface area contributed by atoms with Gasteiger partial charge in [0, 0.05) is 10.8 Å². The summed E-state index contributed by atoms with van der Waals surface area (Å²) in [6, 6.07) is -0.896. The number of nitrogens with one attached hydrogen (secondary N) is 1. The summed E-state index contributed by atoms with van der Waals surface area (Å²) >= 11 is 1.41. The van der Waals surface area contributed by atoms with Crippen molar-refractivity contribution in [3.05, 3.63) is 16.1 Å². The van der Waals surface area contributed by atoms with Crippen molar-refractivity contribution < 1.29 is 14.7 Å². The SMILES string of the molecule is CC(C)[C@H](NC(=O)c1csc(C(C)(C)C)n1)C(=O)O. The molecule has 1 amide bonds. The molecule has 1 aromatic heterocycles. The molecule has 106 valence electrons. The number of carboxylic acid groups (broad SMARTS) is 1. The largest absolute Gasteiger partial charge is 0.480 e. The number of hydrogen-bond acceptors (Lipinski definition) is 4. The molecule has 0 bridgehead atoms. The third-order valence-electron chi connectivity index (χ3n) is 2.60. The molecular weight excluding hydrogens is 264 g/mol. The van der Waals surface area contributed by atoms with E-state index in [4.69, 9.17) is 5.11 Å². The first-order valence-electron chi connectivity index (χ1n) is 6.12. The highest BCUT2D eigenvalue weighted by Gasteiger charge is 2.26. The van der Waals surface area contributed by atoms with Crippen LogP contribution >= 0.6 is 11.3 Å². The van der Waals surface area contributed by atoms with E-state index in [2.05, 4.69) is 10.3 Å². The number of carbonyl (C=O) groups is 2. The minimum Gasteiger partial charge on any atom is -0.480 e. The predicted octanol–water partition coefficient (Wildman–Crippen LogP) is 2.28. The van der Waals surface area contributed by atoms with Crippen LogP contribution in [0.2, 0.25) is 0 Å². The molecule has 0 aliphatic heterocycles. The van der Waals surface area contributed by atoms with Gasteiger partial charge in [0.15, 0.2) is 0 Å². The van der Waals surface area contributed by atoms with Crippen LogP contribution in [0.25, 0.3) is 0 Å². The van der Waals surface area contributed by atoms with Gasteiger partial charge in [-0.1, -0.05) is 34.6 Å². The Bertz CT molecular complexity index is 474. The van der Waals surface area contributed by atoms with Crippen molar-refractivity contribution in [1.29, 1.82) is 0 Å². The first kappa shape index (κ1) is 15.6. The lowest BCUT2D eigenvalue weighted by Crippen LogP contribution is -2.44. The van der Waals surface area contributed by atoms with Crippen LogP contribution in [0.4, 0.5) is 0 Å². The van der Waals surface area contributed by atoms with Crippen molar-refractivity contribution in [2.45, 2.75) is 46.1 Å². The number of rotatable bonds is 4. The number of carbonyl (C=O) groups excluding carboxylic acids is 1. The summed E-state index contributed by atoms with van der Waals surface area (Å²) in [4.78, 5) is 27.3. The monoisotopic (exact) mass is 284 g/mol. The second-order valence-electron chi connectivity index (χ2n) is 5.82. The predicted molar refractivity (Wildman–Crippen MR) is 74.5 cm³/mol. The minimum absolute atomic E-state index is 0.118. The number of carboxylic acids is 1. The third kappa shape index (κ3) is 4.02. The molecule has 0 saturated carbocycles. The van der Waals surface area contributed by atoms with Crippen LogP contribution in [0.1, 0.15) is 50.1 Å². The van der Waals surface area contributed by atoms with Gasteiger partial charge in [-0.15, -0.1) is 11.3 Å². The molecule has 0 aliphatic rings. The number of aromatic nitrogens is 1. The topological polar surface area (TPSA) is 79.3 Å². The molecule has 0 unspecified atom stereocenters. The lowest BCUT2D eigenvalue weighted by molar-refractivity contribution is -0.140. The summed E-state index contributed by atoms with van der Waals surface area (Å²) in [7, 11) is 0. The van der Waals surface area contributed by atoms with Crippen molar-refractivity contribution >= 4 is 23.2 Å². The fourth-order valence-electron chi connectivity index (χ4n) is 1.45. The van der Waals surface area contributed by atoms with Gasteiger partial charge in [0.2, 0.25) is 0 Å². The van der Waals surface area contributed by atoms with Gasteiger partial charge in [0.1, 0.15) is 11.7 Å². The van der Waals surface area contributed by atoms with E-state index in [1.165, 1.54) is 11.3 Å². The maximum absolute atomic E-state index is 12.0. The molecule has 6 heteroatoms. The van der Waals surface area contributed by atoms with Gasteiger partial charge in [-0.05, 0) is 5.92 Å². The van der Waals surface area contributed by atoms with Gasteiger partial charge in [0.25, 0.3) is 5.91 Å². The molecule has 0 radical (unpaired) electrons. The summed E-state index contributed by atoms with van der Waals surface area (Å²) in [6.45, 7) is 9.55. The Labute approximate surface area is 117 Å². The molecule has 5 nitrogen and oxygen atoms in total. The van der Waals surface area contributed by atoms with Gasteiger partial charge in [0.05, 0.1) is 5.01 Å². The van der Waals surface area contributed by atoms with E-state index in [9.17, 15) is 9.59 Å². The van der Waals surface area contributed by atoms with E-state index < -0.39 is 17.9 Å². The van der Waals surface area contributed by atoms with E-state index >= 15 is 0 Å². The van der Waals surface area contributed by atoms with Gasteiger partial charge < -0.3 is 10.4 Å². The first-order valence-corrected chi connectivity index (χ1v) is 7.00. The van der Waals surface area contributed by atoms with E-state index in [0.29, 0.717) is 0 Å². The van der Waals surface area contributed by atoms with E-state index in [-0.39, 0.29) is 17.0 Å². The Balaban J connectivity index is 2.84. The molecule has 19 heavy (non-hydrogen) atoms. The summed E-state index contributed by atoms with van der Waals surface area (Å²) in [5.74, 6) is -1.65. The Morgan fingerprint density at radius 1 is 1.37 bits per heavy atom. The highest BCUT2D eigenvalue weighted by Crippen LogP contribution is 2.25. The molecule has 1 aromatic rings. The second kappa shape index (κ2) is 5.69. The zero-order valence-electron chi connectivity index (χ0n) is 11.9. The fourth-order valence-corrected chi connectivity index (χ4v) is 2.34. The molecule has 1 atom stereocenters. The molecule has 0 spiro atoms. The quantitative estimate of drug-likeness (QED) is 0.889. The lowest BCUT2D eigenvalue weighted by atomic mass is 9.98. The number of thiazole rings is 1. The fraction of sp³-hybridized carbons (Fsp3) is 0.615. The van der Waals surface area contributed by atoms with Crippen molar-refractivity contribution in [2.24, 2.45) is 5.92 Å². The Kier molecular flexibility index (Phi) is 4.68. The van der Waals surface area contributed by atoms with Gasteiger partial charge in [-0.2, -0.15) is 0 Å². The van der Waals surface area contributed by atoms with Crippen LogP contribution in [0.5, 0.6) is 0 Å². The van der Waals surface area contributed by atoms with Crippen molar-refractivity contribution in [1.82, 2.24) is 10.3 Å². The van der Waals surface area contributed by atoms with Gasteiger partial charge >= 0.3 is 5.97 Å². The molecule has 1 heterocycles. The van der Waals surface area contributed by atoms with Crippen LogP contribution in [0.3, 0.4) is 0 Å². The number of nitrogens with zero attached hydrogens (tertiary/aromatic N) is 1. The smallest absolute Gasteiger partial charge is 0.326 e. The number of hydrogen-bond donors (Lipinski definition) is 2. The highest BCUT2D eigenvalue weighted by atomic mass is 32.1. The van der Waals surface area contributed by atoms with Crippen LogP contribution in [0.15, 0.2) is 5.38 Å². The molecule has 0 saturated heterocycles. The van der Waals surface area contributed by atoms with E-state index in [1.807, 2.05) is 20.8 Å². The summed E-state index contributed by atoms with van der Waals surface area (Å²) in [5.41, 5.74) is 0.162. The summed E-state index contributed by atoms with van der Waals surface area (Å²) in [6.07, 6.45) is 0. The molecule has 0 aliphatic carbocycles. The minimum atomic E-state index is -1.03. The summed E-state index contributed by atoms with van der Waals surface area (Å²) in [5, 5.41) is 14.1. The average Bonchev–Trinajstić information content (AvgIpc) is 2.73. The number of aliphatic carboxylic acids is 1. The zero-order valence-corrected chi connectivity index (χ0v) is 12.7. The Morgan fingerprint density at radius 2 is 1.95 bits per heavy atom. The normalized spacial score (nSPS) is 13.4. The summed E-state index contributed by atoms with van der Waals surface area (Å²) < 4.78 is 0. The van der Waals surface area contributed by atoms with Gasteiger partial charge in [-0.3, -0.25) is 4.79 Å². The second-order valence-corrected chi connectivity index (χ2v) is 6.68. The molecule has 0 aromatic carbocycles. The molecule has 2 N–H and O–H groups in total. The maximum atomic E-state index is 12.0. The van der Waals surface area contributed by atoms with Crippen molar-refractivity contribution in [3.8, 4) is 0 Å². The van der Waals surface area contributed by atoms with Crippen LogP contribution in [0, 0.1) is 5.92 Å². The van der Waals surface area contributed by atoms with Crippen molar-refractivity contribution in [2.75, 3.05) is 0 Å². The molecule has 1 rings (SSSR count). The van der Waals surface area contributed by atoms with Crippen LogP contribution in [-0.4, -0.2) is 28.0 Å². The van der Waals surface area contributed by atoms with Crippen LogP contribution in [-0.2, 0) is 10.2 Å². The zero-order chi connectivity index (χ0) is 14.8. The Hall–Kier alpha value is -1.43. The highest BCUT2D eigenvalue weighted by molar-refractivity contribution is 7.10. The van der Waals surface area contributed by atoms with E-state index in [1.54, 1.807) is 19.2 Å². The van der Waals surface area contributed by atoms with E-state index in [0.717, 1.165) is 5.01 Å². The lowest BCUT2D eigenvalue weighted by Gasteiger charge is -2.17. The number of amides is 1. The maximum Gasteiger partial charge on any atom is 0.326 e. The van der Waals surface area contributed by atoms with Crippen LogP contribution < -0.4 is 5.32 Å². The molecular formula is C13H20N2O3S. The van der Waals surface area contributed by atoms with Gasteiger partial charge in [-0.25, -0.2) is 9.78 Å².